The Kier molecular flexibility index (Phi) is 6.88. The summed E-state index contributed by atoms with van der Waals surface area (Å²) in [6.07, 6.45) is 0. The second kappa shape index (κ2) is 8.95. The average molecular weight is 455 g/mol. The number of phenols is 1. The summed E-state index contributed by atoms with van der Waals surface area (Å²) in [5, 5.41) is 11.4. The molecule has 0 saturated heterocycles. The number of aromatic hydroxyl groups is 1. The Morgan fingerprint density at radius 2 is 0.824 bits per heavy atom. The summed E-state index contributed by atoms with van der Waals surface area (Å²) in [6, 6.07) is 13.8. The topological polar surface area (TPSA) is 20.2 Å². The van der Waals surface area contributed by atoms with Crippen LogP contribution in [-0.4, -0.2) is 11.8 Å². The molecule has 0 aromatic heterocycles. The molecule has 0 atom stereocenters. The zero-order chi connectivity index (χ0) is 25.7. The van der Waals surface area contributed by atoms with E-state index in [4.69, 9.17) is 0 Å². The van der Waals surface area contributed by atoms with E-state index in [1.807, 2.05) is 0 Å². The summed E-state index contributed by atoms with van der Waals surface area (Å²) in [7, 11) is 0. The van der Waals surface area contributed by atoms with E-state index >= 15 is 0 Å². The quantitative estimate of drug-likeness (QED) is 0.457. The lowest BCUT2D eigenvalue weighted by atomic mass is 9.34. The highest BCUT2D eigenvalue weighted by molar-refractivity contribution is 6.96. The van der Waals surface area contributed by atoms with Gasteiger partial charge in [0, 0.05) is 0 Å². The lowest BCUT2D eigenvalue weighted by Crippen LogP contribution is -2.56. The van der Waals surface area contributed by atoms with E-state index in [9.17, 15) is 5.11 Å². The number of hydrogen-bond acceptors (Lipinski definition) is 1. The van der Waals surface area contributed by atoms with Crippen molar-refractivity contribution in [2.24, 2.45) is 0 Å². The zero-order valence-corrected chi connectivity index (χ0v) is 23.5. The number of benzene rings is 3. The molecule has 0 aliphatic carbocycles. The molecule has 3 aromatic carbocycles. The first-order chi connectivity index (χ1) is 15.5. The maximum atomic E-state index is 11.4. The van der Waals surface area contributed by atoms with Gasteiger partial charge in [-0.2, -0.15) is 0 Å². The summed E-state index contributed by atoms with van der Waals surface area (Å²) in [5.41, 5.74) is 13.6. The van der Waals surface area contributed by atoms with Crippen LogP contribution in [0.4, 0.5) is 0 Å². The fourth-order valence-corrected chi connectivity index (χ4v) is 5.74. The Hall–Kier alpha value is -2.48. The summed E-state index contributed by atoms with van der Waals surface area (Å²) in [5.74, 6) is 0.442. The fourth-order valence-electron chi connectivity index (χ4n) is 5.74. The van der Waals surface area contributed by atoms with Crippen LogP contribution in [0.3, 0.4) is 0 Å². The van der Waals surface area contributed by atoms with Crippen molar-refractivity contribution in [3.8, 4) is 5.75 Å². The molecule has 0 fully saturated rings. The van der Waals surface area contributed by atoms with Gasteiger partial charge in [-0.25, -0.2) is 0 Å². The van der Waals surface area contributed by atoms with Crippen molar-refractivity contribution in [1.82, 2.24) is 0 Å². The highest BCUT2D eigenvalue weighted by atomic mass is 16.3. The van der Waals surface area contributed by atoms with E-state index in [0.717, 1.165) is 11.1 Å². The Morgan fingerprint density at radius 1 is 0.529 bits per heavy atom. The predicted octanol–water partition coefficient (Wildman–Crippen LogP) is 6.35. The van der Waals surface area contributed by atoms with Crippen molar-refractivity contribution in [2.45, 2.75) is 93.9 Å². The zero-order valence-electron chi connectivity index (χ0n) is 23.5. The third-order valence-electron chi connectivity index (χ3n) is 7.14. The second-order valence-electron chi connectivity index (χ2n) is 12.5. The molecule has 34 heavy (non-hydrogen) atoms. The van der Waals surface area contributed by atoms with Crippen LogP contribution >= 0.6 is 0 Å². The smallest absolute Gasteiger partial charge is 0.242 e. The van der Waals surface area contributed by atoms with Crippen LogP contribution in [0.2, 0.25) is 0 Å². The number of hydrogen-bond donors (Lipinski definition) is 1. The van der Waals surface area contributed by atoms with E-state index in [-0.39, 0.29) is 17.5 Å². The van der Waals surface area contributed by atoms with Gasteiger partial charge in [-0.3, -0.25) is 0 Å². The molecule has 3 rings (SSSR count). The molecule has 0 amide bonds. The highest BCUT2D eigenvalue weighted by Gasteiger charge is 2.33. The van der Waals surface area contributed by atoms with E-state index in [0.29, 0.717) is 5.75 Å². The minimum atomic E-state index is -0.167. The molecule has 0 aliphatic heterocycles. The van der Waals surface area contributed by atoms with E-state index < -0.39 is 0 Å². The molecule has 0 bridgehead atoms. The lowest BCUT2D eigenvalue weighted by molar-refractivity contribution is 0.424. The maximum absolute atomic E-state index is 11.4. The molecule has 0 unspecified atom stereocenters. The molecule has 0 heterocycles. The molecule has 180 valence electrons. The first kappa shape index (κ1) is 26.1. The number of rotatable bonds is 3. The van der Waals surface area contributed by atoms with E-state index in [1.165, 1.54) is 49.8 Å². The van der Waals surface area contributed by atoms with Crippen molar-refractivity contribution >= 4 is 23.1 Å². The third kappa shape index (κ3) is 4.97. The molecule has 0 aliphatic rings. The maximum Gasteiger partial charge on any atom is 0.242 e. The summed E-state index contributed by atoms with van der Waals surface area (Å²) in [4.78, 5) is 0. The van der Waals surface area contributed by atoms with Crippen LogP contribution in [0.5, 0.6) is 5.75 Å². The first-order valence-electron chi connectivity index (χ1n) is 12.6. The third-order valence-corrected chi connectivity index (χ3v) is 7.14. The monoisotopic (exact) mass is 454 g/mol. The SMILES string of the molecule is Cc1cc(C)c(B(c2cc(C(C)(C)C)c(O)c(C(C)(C)C)c2)c2c(C)cc(C)cc2C)c(C)c1. The van der Waals surface area contributed by atoms with Crippen molar-refractivity contribution in [1.29, 1.82) is 0 Å². The summed E-state index contributed by atoms with van der Waals surface area (Å²) < 4.78 is 0. The average Bonchev–Trinajstić information content (AvgIpc) is 2.63. The first-order valence-corrected chi connectivity index (χ1v) is 12.6. The Morgan fingerprint density at radius 3 is 1.09 bits per heavy atom. The van der Waals surface area contributed by atoms with Crippen LogP contribution in [0.15, 0.2) is 36.4 Å². The van der Waals surface area contributed by atoms with Gasteiger partial charge in [-0.05, 0) is 63.5 Å². The molecule has 3 aromatic rings. The van der Waals surface area contributed by atoms with Gasteiger partial charge in [0.05, 0.1) is 0 Å². The standard InChI is InChI=1S/C32H43BO/c1-19-13-21(3)28(22(4)14-19)33(29-23(5)15-20(2)16-24(29)6)25-17-26(31(7,8)9)30(34)27(18-25)32(10,11)12/h13-18,34H,1-12H3. The van der Waals surface area contributed by atoms with Gasteiger partial charge in [-0.1, -0.05) is 128 Å². The van der Waals surface area contributed by atoms with E-state index in [2.05, 4.69) is 119 Å². The molecule has 0 spiro atoms. The molecule has 2 heteroatoms. The Labute approximate surface area is 208 Å². The highest BCUT2D eigenvalue weighted by Crippen LogP contribution is 2.38. The largest absolute Gasteiger partial charge is 0.507 e. The van der Waals surface area contributed by atoms with Crippen LogP contribution < -0.4 is 16.4 Å². The van der Waals surface area contributed by atoms with Gasteiger partial charge < -0.3 is 5.11 Å². The lowest BCUT2D eigenvalue weighted by Gasteiger charge is -2.31. The molecule has 0 radical (unpaired) electrons. The summed E-state index contributed by atoms with van der Waals surface area (Å²) in [6.45, 7) is 26.6. The predicted molar refractivity (Wildman–Crippen MR) is 151 cm³/mol. The van der Waals surface area contributed by atoms with Crippen molar-refractivity contribution < 1.29 is 5.11 Å². The fraction of sp³-hybridized carbons (Fsp3) is 0.438. The second-order valence-corrected chi connectivity index (χ2v) is 12.5. The van der Waals surface area contributed by atoms with Gasteiger partial charge in [0.15, 0.2) is 0 Å². The molecular weight excluding hydrogens is 411 g/mol. The minimum Gasteiger partial charge on any atom is -0.507 e. The molecule has 1 N–H and O–H groups in total. The van der Waals surface area contributed by atoms with Gasteiger partial charge in [0.1, 0.15) is 5.75 Å². The van der Waals surface area contributed by atoms with Crippen LogP contribution in [0, 0.1) is 41.5 Å². The summed E-state index contributed by atoms with van der Waals surface area (Å²) >= 11 is 0. The van der Waals surface area contributed by atoms with Gasteiger partial charge in [0.25, 0.3) is 0 Å². The van der Waals surface area contributed by atoms with Crippen molar-refractivity contribution in [3.63, 3.8) is 0 Å². The van der Waals surface area contributed by atoms with Gasteiger partial charge in [-0.15, -0.1) is 0 Å². The van der Waals surface area contributed by atoms with Crippen LogP contribution in [0.1, 0.15) is 86.1 Å². The normalized spacial score (nSPS) is 12.2. The number of phenolic OH excluding ortho intramolecular Hbond substituents is 1. The van der Waals surface area contributed by atoms with Gasteiger partial charge in [0.2, 0.25) is 6.71 Å². The number of aryl methyl sites for hydroxylation is 6. The van der Waals surface area contributed by atoms with Gasteiger partial charge >= 0.3 is 0 Å². The molecule has 1 nitrogen and oxygen atoms in total. The van der Waals surface area contributed by atoms with Crippen molar-refractivity contribution in [3.05, 3.63) is 80.9 Å². The van der Waals surface area contributed by atoms with E-state index in [1.54, 1.807) is 0 Å². The molecular formula is C32H43BO. The van der Waals surface area contributed by atoms with Crippen molar-refractivity contribution in [2.75, 3.05) is 0 Å². The Balaban J connectivity index is 2.52. The van der Waals surface area contributed by atoms with Crippen LogP contribution in [0.25, 0.3) is 0 Å². The molecule has 0 saturated carbocycles. The van der Waals surface area contributed by atoms with Crippen LogP contribution in [-0.2, 0) is 10.8 Å². The minimum absolute atomic E-state index is 0.101. The Bertz CT molecular complexity index is 1100.